The SMILES string of the molecule is CC(C)(C)[C@H](C#N)NC(=O)c1cnc(-c2ncccn2)s1. The van der Waals surface area contributed by atoms with Gasteiger partial charge in [0, 0.05) is 12.4 Å². The fraction of sp³-hybridized carbons (Fsp3) is 0.357. The number of carbonyl (C=O) groups is 1. The molecule has 0 fully saturated rings. The summed E-state index contributed by atoms with van der Waals surface area (Å²) in [5.41, 5.74) is -0.333. The van der Waals surface area contributed by atoms with Crippen molar-refractivity contribution in [2.24, 2.45) is 5.41 Å². The van der Waals surface area contributed by atoms with Crippen LogP contribution in [0.25, 0.3) is 10.8 Å². The van der Waals surface area contributed by atoms with Gasteiger partial charge in [-0.05, 0) is 11.5 Å². The van der Waals surface area contributed by atoms with E-state index in [0.717, 1.165) is 0 Å². The molecule has 2 aromatic heterocycles. The summed E-state index contributed by atoms with van der Waals surface area (Å²) in [5.74, 6) is 0.172. The van der Waals surface area contributed by atoms with E-state index in [2.05, 4.69) is 26.3 Å². The molecule has 108 valence electrons. The summed E-state index contributed by atoms with van der Waals surface area (Å²) < 4.78 is 0. The van der Waals surface area contributed by atoms with Crippen LogP contribution in [0.15, 0.2) is 24.7 Å². The molecule has 1 N–H and O–H groups in total. The van der Waals surface area contributed by atoms with Crippen molar-refractivity contribution in [2.45, 2.75) is 26.8 Å². The van der Waals surface area contributed by atoms with Crippen LogP contribution in [0.1, 0.15) is 30.4 Å². The lowest BCUT2D eigenvalue weighted by molar-refractivity contribution is 0.0926. The molecule has 0 aliphatic rings. The van der Waals surface area contributed by atoms with Crippen molar-refractivity contribution in [3.63, 3.8) is 0 Å². The predicted molar refractivity (Wildman–Crippen MR) is 79.5 cm³/mol. The first-order chi connectivity index (χ1) is 9.91. The second kappa shape index (κ2) is 5.97. The zero-order valence-corrected chi connectivity index (χ0v) is 12.8. The van der Waals surface area contributed by atoms with E-state index in [-0.39, 0.29) is 11.3 Å². The third kappa shape index (κ3) is 3.61. The number of amides is 1. The van der Waals surface area contributed by atoms with Crippen LogP contribution in [0.4, 0.5) is 0 Å². The molecule has 6 nitrogen and oxygen atoms in total. The van der Waals surface area contributed by atoms with E-state index in [4.69, 9.17) is 5.26 Å². The van der Waals surface area contributed by atoms with Crippen molar-refractivity contribution >= 4 is 17.2 Å². The van der Waals surface area contributed by atoms with Gasteiger partial charge in [-0.2, -0.15) is 5.26 Å². The Balaban J connectivity index is 2.15. The highest BCUT2D eigenvalue weighted by atomic mass is 32.1. The number of aromatic nitrogens is 3. The Kier molecular flexibility index (Phi) is 4.29. The largest absolute Gasteiger partial charge is 0.335 e. The maximum Gasteiger partial charge on any atom is 0.264 e. The van der Waals surface area contributed by atoms with Gasteiger partial charge in [0.15, 0.2) is 10.8 Å². The average Bonchev–Trinajstić information content (AvgIpc) is 2.94. The summed E-state index contributed by atoms with van der Waals surface area (Å²) >= 11 is 1.20. The molecule has 0 saturated heterocycles. The van der Waals surface area contributed by atoms with Gasteiger partial charge in [-0.1, -0.05) is 20.8 Å². The molecule has 0 aliphatic carbocycles. The molecule has 0 bridgehead atoms. The molecule has 0 aromatic carbocycles. The Labute approximate surface area is 126 Å². The fourth-order valence-corrected chi connectivity index (χ4v) is 2.30. The molecule has 1 atom stereocenters. The molecule has 0 unspecified atom stereocenters. The summed E-state index contributed by atoms with van der Waals surface area (Å²) in [6.45, 7) is 5.70. The van der Waals surface area contributed by atoms with E-state index in [9.17, 15) is 4.79 Å². The van der Waals surface area contributed by atoms with Crippen LogP contribution >= 0.6 is 11.3 Å². The van der Waals surface area contributed by atoms with Crippen LogP contribution in [-0.2, 0) is 0 Å². The third-order valence-electron chi connectivity index (χ3n) is 2.76. The van der Waals surface area contributed by atoms with Gasteiger partial charge in [0.2, 0.25) is 0 Å². The monoisotopic (exact) mass is 301 g/mol. The first-order valence-corrected chi connectivity index (χ1v) is 7.17. The highest BCUT2D eigenvalue weighted by Crippen LogP contribution is 2.23. The van der Waals surface area contributed by atoms with E-state index < -0.39 is 6.04 Å². The smallest absolute Gasteiger partial charge is 0.264 e. The van der Waals surface area contributed by atoms with Crippen molar-refractivity contribution in [3.05, 3.63) is 29.5 Å². The molecule has 0 saturated carbocycles. The molecule has 2 aromatic rings. The predicted octanol–water partition coefficient (Wildman–Crippen LogP) is 2.27. The highest BCUT2D eigenvalue weighted by molar-refractivity contribution is 7.16. The minimum absolute atomic E-state index is 0.309. The Morgan fingerprint density at radius 3 is 2.57 bits per heavy atom. The van der Waals surface area contributed by atoms with Gasteiger partial charge in [-0.25, -0.2) is 15.0 Å². The minimum atomic E-state index is -0.566. The Morgan fingerprint density at radius 1 is 1.33 bits per heavy atom. The number of carbonyl (C=O) groups excluding carboxylic acids is 1. The van der Waals surface area contributed by atoms with E-state index in [1.165, 1.54) is 17.5 Å². The zero-order valence-electron chi connectivity index (χ0n) is 12.0. The van der Waals surface area contributed by atoms with Crippen LogP contribution in [0.3, 0.4) is 0 Å². The van der Waals surface area contributed by atoms with Crippen molar-refractivity contribution in [3.8, 4) is 16.9 Å². The van der Waals surface area contributed by atoms with Gasteiger partial charge < -0.3 is 5.32 Å². The second-order valence-electron chi connectivity index (χ2n) is 5.50. The van der Waals surface area contributed by atoms with Crippen molar-refractivity contribution in [1.29, 1.82) is 5.26 Å². The lowest BCUT2D eigenvalue weighted by atomic mass is 9.87. The quantitative estimate of drug-likeness (QED) is 0.939. The van der Waals surface area contributed by atoms with Gasteiger partial charge >= 0.3 is 0 Å². The lowest BCUT2D eigenvalue weighted by Crippen LogP contribution is -2.42. The van der Waals surface area contributed by atoms with Gasteiger partial charge in [-0.15, -0.1) is 11.3 Å². The molecule has 21 heavy (non-hydrogen) atoms. The maximum atomic E-state index is 12.2. The summed E-state index contributed by atoms with van der Waals surface area (Å²) in [5, 5.41) is 12.4. The van der Waals surface area contributed by atoms with Crippen LogP contribution < -0.4 is 5.32 Å². The van der Waals surface area contributed by atoms with Crippen LogP contribution in [-0.4, -0.2) is 26.9 Å². The van der Waals surface area contributed by atoms with Crippen molar-refractivity contribution in [1.82, 2.24) is 20.3 Å². The van der Waals surface area contributed by atoms with Gasteiger partial charge in [0.25, 0.3) is 5.91 Å². The first-order valence-electron chi connectivity index (χ1n) is 6.35. The molecule has 2 heterocycles. The third-order valence-corrected chi connectivity index (χ3v) is 3.75. The molecule has 1 amide bonds. The van der Waals surface area contributed by atoms with Crippen LogP contribution in [0, 0.1) is 16.7 Å². The van der Waals surface area contributed by atoms with Crippen LogP contribution in [0.2, 0.25) is 0 Å². The van der Waals surface area contributed by atoms with E-state index in [1.807, 2.05) is 20.8 Å². The number of rotatable bonds is 3. The fourth-order valence-electron chi connectivity index (χ4n) is 1.54. The van der Waals surface area contributed by atoms with Gasteiger partial charge in [0.05, 0.1) is 12.3 Å². The Hall–Kier alpha value is -2.33. The Bertz CT molecular complexity index is 669. The number of nitriles is 1. The number of hydrogen-bond donors (Lipinski definition) is 1. The highest BCUT2D eigenvalue weighted by Gasteiger charge is 2.27. The number of thiazole rings is 1. The number of nitrogens with one attached hydrogen (secondary N) is 1. The van der Waals surface area contributed by atoms with Crippen molar-refractivity contribution < 1.29 is 4.79 Å². The van der Waals surface area contributed by atoms with Crippen molar-refractivity contribution in [2.75, 3.05) is 0 Å². The first kappa shape index (κ1) is 15.1. The zero-order chi connectivity index (χ0) is 15.5. The summed E-state index contributed by atoms with van der Waals surface area (Å²) in [6.07, 6.45) is 4.71. The molecular weight excluding hydrogens is 286 g/mol. The second-order valence-corrected chi connectivity index (χ2v) is 6.53. The van der Waals surface area contributed by atoms with Gasteiger partial charge in [-0.3, -0.25) is 4.79 Å². The molecule has 0 aliphatic heterocycles. The number of nitrogens with zero attached hydrogens (tertiary/aromatic N) is 4. The molecular formula is C14H15N5OS. The summed E-state index contributed by atoms with van der Waals surface area (Å²) in [6, 6.07) is 3.26. The standard InChI is InChI=1S/C14H15N5OS/c1-14(2,3)10(7-15)19-12(20)9-8-18-13(21-9)11-16-5-4-6-17-11/h4-6,8,10H,1-3H3,(H,19,20)/t10-/m0/s1. The normalized spacial score (nSPS) is 12.5. The minimum Gasteiger partial charge on any atom is -0.335 e. The average molecular weight is 301 g/mol. The maximum absolute atomic E-state index is 12.2. The lowest BCUT2D eigenvalue weighted by Gasteiger charge is -2.25. The van der Waals surface area contributed by atoms with E-state index >= 15 is 0 Å². The molecule has 0 spiro atoms. The summed E-state index contributed by atoms with van der Waals surface area (Å²) in [7, 11) is 0. The molecule has 2 rings (SSSR count). The van der Waals surface area contributed by atoms with E-state index in [0.29, 0.717) is 15.7 Å². The topological polar surface area (TPSA) is 91.6 Å². The van der Waals surface area contributed by atoms with Gasteiger partial charge in [0.1, 0.15) is 10.9 Å². The summed E-state index contributed by atoms with van der Waals surface area (Å²) in [4.78, 5) is 24.9. The van der Waals surface area contributed by atoms with E-state index in [1.54, 1.807) is 18.5 Å². The molecule has 7 heteroatoms. The number of hydrogen-bond acceptors (Lipinski definition) is 6. The van der Waals surface area contributed by atoms with Crippen LogP contribution in [0.5, 0.6) is 0 Å². The Morgan fingerprint density at radius 2 is 2.00 bits per heavy atom. The molecule has 0 radical (unpaired) electrons.